The molecule has 0 fully saturated rings. The predicted molar refractivity (Wildman–Crippen MR) is 62.5 cm³/mol. The van der Waals surface area contributed by atoms with Crippen molar-refractivity contribution < 1.29 is 0 Å². The van der Waals surface area contributed by atoms with E-state index in [1.807, 2.05) is 7.05 Å². The van der Waals surface area contributed by atoms with Crippen molar-refractivity contribution in [2.75, 3.05) is 7.05 Å². The summed E-state index contributed by atoms with van der Waals surface area (Å²) in [7, 11) is 1.94. The van der Waals surface area contributed by atoms with Crippen molar-refractivity contribution in [3.63, 3.8) is 0 Å². The quantitative estimate of drug-likeness (QED) is 0.797. The van der Waals surface area contributed by atoms with Gasteiger partial charge in [-0.1, -0.05) is 31.2 Å². The van der Waals surface area contributed by atoms with Crippen molar-refractivity contribution in [2.45, 2.75) is 32.2 Å². The first-order valence-electron chi connectivity index (χ1n) is 5.44. The number of nitrogens with zero attached hydrogens (tertiary/aromatic N) is 1. The number of benzene rings is 1. The van der Waals surface area contributed by atoms with Gasteiger partial charge in [-0.3, -0.25) is 0 Å². The van der Waals surface area contributed by atoms with Crippen LogP contribution in [0.4, 0.5) is 0 Å². The van der Waals surface area contributed by atoms with E-state index in [4.69, 9.17) is 5.26 Å². The van der Waals surface area contributed by atoms with E-state index >= 15 is 0 Å². The summed E-state index contributed by atoms with van der Waals surface area (Å²) >= 11 is 0. The Hall–Kier alpha value is -1.33. The molecule has 1 rings (SSSR count). The van der Waals surface area contributed by atoms with E-state index in [-0.39, 0.29) is 0 Å². The second-order valence-electron chi connectivity index (χ2n) is 3.63. The van der Waals surface area contributed by atoms with Gasteiger partial charge in [-0.15, -0.1) is 0 Å². The summed E-state index contributed by atoms with van der Waals surface area (Å²) in [6, 6.07) is 11.1. The fourth-order valence-corrected chi connectivity index (χ4v) is 1.67. The van der Waals surface area contributed by atoms with E-state index < -0.39 is 0 Å². The SMILES string of the molecule is CCc1ccc(C(CCC#N)NC)cc1. The van der Waals surface area contributed by atoms with Crippen LogP contribution < -0.4 is 5.32 Å². The van der Waals surface area contributed by atoms with Crippen molar-refractivity contribution in [1.82, 2.24) is 5.32 Å². The first kappa shape index (κ1) is 11.7. The number of hydrogen-bond acceptors (Lipinski definition) is 2. The molecule has 0 aliphatic rings. The van der Waals surface area contributed by atoms with Crippen LogP contribution in [0.25, 0.3) is 0 Å². The number of nitriles is 1. The molecular weight excluding hydrogens is 184 g/mol. The van der Waals surface area contributed by atoms with Crippen LogP contribution >= 0.6 is 0 Å². The van der Waals surface area contributed by atoms with Crippen molar-refractivity contribution in [2.24, 2.45) is 0 Å². The Morgan fingerprint density at radius 1 is 1.33 bits per heavy atom. The molecule has 0 saturated carbocycles. The highest BCUT2D eigenvalue weighted by Gasteiger charge is 2.07. The Morgan fingerprint density at radius 3 is 2.47 bits per heavy atom. The molecule has 0 aliphatic heterocycles. The molecule has 0 saturated heterocycles. The van der Waals surface area contributed by atoms with E-state index in [9.17, 15) is 0 Å². The Balaban J connectivity index is 2.70. The third-order valence-corrected chi connectivity index (χ3v) is 2.68. The molecule has 15 heavy (non-hydrogen) atoms. The zero-order valence-electron chi connectivity index (χ0n) is 9.46. The van der Waals surface area contributed by atoms with E-state index in [0.717, 1.165) is 12.8 Å². The number of hydrogen-bond donors (Lipinski definition) is 1. The van der Waals surface area contributed by atoms with Gasteiger partial charge in [-0.25, -0.2) is 0 Å². The molecule has 0 spiro atoms. The smallest absolute Gasteiger partial charge is 0.0622 e. The van der Waals surface area contributed by atoms with Crippen LogP contribution in [0.1, 0.15) is 36.9 Å². The van der Waals surface area contributed by atoms with Gasteiger partial charge >= 0.3 is 0 Å². The molecule has 0 amide bonds. The normalized spacial score (nSPS) is 12.1. The van der Waals surface area contributed by atoms with Crippen molar-refractivity contribution >= 4 is 0 Å². The first-order valence-corrected chi connectivity index (χ1v) is 5.44. The molecule has 1 unspecified atom stereocenters. The van der Waals surface area contributed by atoms with Crippen LogP contribution in [0.15, 0.2) is 24.3 Å². The number of rotatable bonds is 5. The summed E-state index contributed by atoms with van der Waals surface area (Å²) in [6.45, 7) is 2.15. The monoisotopic (exact) mass is 202 g/mol. The molecule has 2 nitrogen and oxygen atoms in total. The molecule has 2 heteroatoms. The van der Waals surface area contributed by atoms with Crippen LogP contribution in [0.2, 0.25) is 0 Å². The van der Waals surface area contributed by atoms with Gasteiger partial charge in [0.15, 0.2) is 0 Å². The molecule has 0 heterocycles. The highest BCUT2D eigenvalue weighted by atomic mass is 14.9. The van der Waals surface area contributed by atoms with Gasteiger partial charge in [-0.05, 0) is 31.0 Å². The highest BCUT2D eigenvalue weighted by molar-refractivity contribution is 5.25. The summed E-state index contributed by atoms with van der Waals surface area (Å²) in [6.07, 6.45) is 2.54. The van der Waals surface area contributed by atoms with Crippen molar-refractivity contribution in [3.05, 3.63) is 35.4 Å². The van der Waals surface area contributed by atoms with Crippen LogP contribution in [0.3, 0.4) is 0 Å². The third kappa shape index (κ3) is 3.38. The number of nitrogens with one attached hydrogen (secondary N) is 1. The van der Waals surface area contributed by atoms with Crippen LogP contribution in [-0.4, -0.2) is 7.05 Å². The van der Waals surface area contributed by atoms with Crippen molar-refractivity contribution in [1.29, 1.82) is 5.26 Å². The Morgan fingerprint density at radius 2 is 2.00 bits per heavy atom. The standard InChI is InChI=1S/C13H18N2/c1-3-11-6-8-12(9-7-11)13(15-2)5-4-10-14/h6-9,13,15H,3-5H2,1-2H3. The fourth-order valence-electron chi connectivity index (χ4n) is 1.67. The van der Waals surface area contributed by atoms with Gasteiger partial charge in [-0.2, -0.15) is 5.26 Å². The average molecular weight is 202 g/mol. The van der Waals surface area contributed by atoms with Crippen LogP contribution in [0.5, 0.6) is 0 Å². The second kappa shape index (κ2) is 6.21. The van der Waals surface area contributed by atoms with Crippen molar-refractivity contribution in [3.8, 4) is 6.07 Å². The topological polar surface area (TPSA) is 35.8 Å². The van der Waals surface area contributed by atoms with E-state index in [1.165, 1.54) is 11.1 Å². The maximum absolute atomic E-state index is 8.56. The van der Waals surface area contributed by atoms with Gasteiger partial charge in [0.1, 0.15) is 0 Å². The molecule has 0 bridgehead atoms. The fraction of sp³-hybridized carbons (Fsp3) is 0.462. The summed E-state index contributed by atoms with van der Waals surface area (Å²) in [5.74, 6) is 0. The molecule has 1 N–H and O–H groups in total. The van der Waals surface area contributed by atoms with Gasteiger partial charge in [0, 0.05) is 12.5 Å². The molecule has 1 aromatic carbocycles. The minimum atomic E-state index is 0.301. The highest BCUT2D eigenvalue weighted by Crippen LogP contribution is 2.18. The summed E-state index contributed by atoms with van der Waals surface area (Å²) in [5, 5.41) is 11.8. The molecular formula is C13H18N2. The molecule has 80 valence electrons. The first-order chi connectivity index (χ1) is 7.31. The number of aryl methyl sites for hydroxylation is 1. The average Bonchev–Trinajstić information content (AvgIpc) is 2.31. The van der Waals surface area contributed by atoms with E-state index in [1.54, 1.807) is 0 Å². The Bertz CT molecular complexity index is 321. The minimum Gasteiger partial charge on any atom is -0.313 e. The Kier molecular flexibility index (Phi) is 4.86. The lowest BCUT2D eigenvalue weighted by atomic mass is 10.0. The maximum Gasteiger partial charge on any atom is 0.0622 e. The van der Waals surface area contributed by atoms with Gasteiger partial charge < -0.3 is 5.32 Å². The molecule has 0 radical (unpaired) electrons. The molecule has 1 atom stereocenters. The van der Waals surface area contributed by atoms with E-state index in [0.29, 0.717) is 12.5 Å². The summed E-state index contributed by atoms with van der Waals surface area (Å²) in [5.41, 5.74) is 2.62. The predicted octanol–water partition coefficient (Wildman–Crippen LogP) is 2.81. The largest absolute Gasteiger partial charge is 0.313 e. The van der Waals surface area contributed by atoms with E-state index in [2.05, 4.69) is 42.6 Å². The zero-order chi connectivity index (χ0) is 11.1. The maximum atomic E-state index is 8.56. The lowest BCUT2D eigenvalue weighted by Gasteiger charge is -2.15. The van der Waals surface area contributed by atoms with Gasteiger partial charge in [0.05, 0.1) is 6.07 Å². The second-order valence-corrected chi connectivity index (χ2v) is 3.63. The van der Waals surface area contributed by atoms with Gasteiger partial charge in [0.2, 0.25) is 0 Å². The minimum absolute atomic E-state index is 0.301. The lowest BCUT2D eigenvalue weighted by Crippen LogP contribution is -2.16. The zero-order valence-corrected chi connectivity index (χ0v) is 9.46. The van der Waals surface area contributed by atoms with Gasteiger partial charge in [0.25, 0.3) is 0 Å². The van der Waals surface area contributed by atoms with Crippen LogP contribution in [-0.2, 0) is 6.42 Å². The third-order valence-electron chi connectivity index (χ3n) is 2.68. The van der Waals surface area contributed by atoms with Crippen LogP contribution in [0, 0.1) is 11.3 Å². The Labute approximate surface area is 91.9 Å². The summed E-state index contributed by atoms with van der Waals surface area (Å²) in [4.78, 5) is 0. The molecule has 0 aromatic heterocycles. The summed E-state index contributed by atoms with van der Waals surface area (Å²) < 4.78 is 0. The molecule has 1 aromatic rings. The molecule has 0 aliphatic carbocycles. The lowest BCUT2D eigenvalue weighted by molar-refractivity contribution is 0.557.